The Bertz CT molecular complexity index is 1030. The molecule has 0 aliphatic rings. The maximum atomic E-state index is 12.9. The highest BCUT2D eigenvalue weighted by Gasteiger charge is 2.20. The summed E-state index contributed by atoms with van der Waals surface area (Å²) in [6.07, 6.45) is 3.48. The molecular weight excluding hydrogens is 378 g/mol. The molecule has 0 atom stereocenters. The lowest BCUT2D eigenvalue weighted by molar-refractivity contribution is 0.0941. The lowest BCUT2D eigenvalue weighted by Gasteiger charge is -2.19. The predicted molar refractivity (Wildman–Crippen MR) is 116 cm³/mol. The normalized spacial score (nSPS) is 10.7. The first kappa shape index (κ1) is 21.5. The fourth-order valence-electron chi connectivity index (χ4n) is 3.52. The number of aryl methyl sites for hydroxylation is 2. The van der Waals surface area contributed by atoms with Gasteiger partial charge in [-0.25, -0.2) is 0 Å². The van der Waals surface area contributed by atoms with Gasteiger partial charge in [-0.05, 0) is 37.5 Å². The first-order chi connectivity index (χ1) is 14.6. The summed E-state index contributed by atoms with van der Waals surface area (Å²) >= 11 is 0. The Kier molecular flexibility index (Phi) is 7.51. The quantitative estimate of drug-likeness (QED) is 0.593. The minimum atomic E-state index is -0.408. The second kappa shape index (κ2) is 10.5. The molecule has 1 amide bonds. The van der Waals surface area contributed by atoms with Gasteiger partial charge in [0.15, 0.2) is 5.43 Å². The monoisotopic (exact) mass is 405 g/mol. The van der Waals surface area contributed by atoms with Crippen LogP contribution < -0.4 is 10.7 Å². The van der Waals surface area contributed by atoms with Crippen LogP contribution in [0.25, 0.3) is 0 Å². The molecule has 6 nitrogen and oxygen atoms in total. The van der Waals surface area contributed by atoms with E-state index in [4.69, 9.17) is 4.74 Å². The number of methoxy groups -OCH3 is 1. The second-order valence-electron chi connectivity index (χ2n) is 7.15. The van der Waals surface area contributed by atoms with Gasteiger partial charge in [0.05, 0.1) is 24.5 Å². The van der Waals surface area contributed by atoms with Gasteiger partial charge in [0.1, 0.15) is 5.56 Å². The zero-order valence-electron chi connectivity index (χ0n) is 17.4. The molecule has 0 bridgehead atoms. The van der Waals surface area contributed by atoms with Crippen LogP contribution in [-0.2, 0) is 30.9 Å². The molecule has 30 heavy (non-hydrogen) atoms. The molecule has 2 aromatic heterocycles. The van der Waals surface area contributed by atoms with E-state index in [1.54, 1.807) is 13.3 Å². The fraction of sp³-hybridized carbons (Fsp3) is 0.292. The van der Waals surface area contributed by atoms with Crippen LogP contribution in [0.5, 0.6) is 0 Å². The van der Waals surface area contributed by atoms with Crippen molar-refractivity contribution in [3.8, 4) is 0 Å². The van der Waals surface area contributed by atoms with E-state index in [1.165, 1.54) is 11.6 Å². The number of nitrogens with zero attached hydrogens (tertiary/aromatic N) is 2. The van der Waals surface area contributed by atoms with E-state index < -0.39 is 5.91 Å². The largest absolute Gasteiger partial charge is 0.378 e. The van der Waals surface area contributed by atoms with E-state index >= 15 is 0 Å². The molecular formula is C24H27N3O3. The molecule has 1 aromatic carbocycles. The summed E-state index contributed by atoms with van der Waals surface area (Å²) in [6.45, 7) is 3.03. The van der Waals surface area contributed by atoms with E-state index in [1.807, 2.05) is 47.9 Å². The summed E-state index contributed by atoms with van der Waals surface area (Å²) < 4.78 is 7.36. The topological polar surface area (TPSA) is 73.2 Å². The fourth-order valence-corrected chi connectivity index (χ4v) is 3.52. The van der Waals surface area contributed by atoms with E-state index in [9.17, 15) is 9.59 Å². The first-order valence-electron chi connectivity index (χ1n) is 10.0. The van der Waals surface area contributed by atoms with Gasteiger partial charge in [0, 0.05) is 31.6 Å². The Labute approximate surface area is 176 Å². The number of carbonyl (C=O) groups is 1. The molecule has 156 valence electrons. The Morgan fingerprint density at radius 1 is 1.13 bits per heavy atom. The van der Waals surface area contributed by atoms with Crippen molar-refractivity contribution in [2.45, 2.75) is 39.5 Å². The highest BCUT2D eigenvalue weighted by atomic mass is 16.5. The third-order valence-corrected chi connectivity index (χ3v) is 4.98. The van der Waals surface area contributed by atoms with Gasteiger partial charge in [-0.1, -0.05) is 36.4 Å². The molecule has 2 heterocycles. The number of aromatic nitrogens is 2. The van der Waals surface area contributed by atoms with Gasteiger partial charge in [0.25, 0.3) is 5.91 Å². The van der Waals surface area contributed by atoms with Crippen LogP contribution in [0, 0.1) is 6.92 Å². The van der Waals surface area contributed by atoms with Crippen LogP contribution in [0.15, 0.2) is 65.6 Å². The van der Waals surface area contributed by atoms with Crippen molar-refractivity contribution in [3.63, 3.8) is 0 Å². The standard InChI is InChI=1S/C24H27N3O3/c1-18-15-22(28)23(24(29)26-16-20-12-6-7-13-25-20)21(17-30-2)27(18)14-8-11-19-9-4-3-5-10-19/h3-7,9-10,12-13,15H,8,11,14,16-17H2,1-2H3,(H,26,29). The number of rotatable bonds is 9. The Balaban J connectivity index is 1.82. The van der Waals surface area contributed by atoms with Crippen molar-refractivity contribution in [2.75, 3.05) is 7.11 Å². The summed E-state index contributed by atoms with van der Waals surface area (Å²) in [7, 11) is 1.57. The summed E-state index contributed by atoms with van der Waals surface area (Å²) in [6, 6.07) is 17.3. The number of benzene rings is 1. The van der Waals surface area contributed by atoms with Gasteiger partial charge in [-0.2, -0.15) is 0 Å². The number of nitrogens with one attached hydrogen (secondary N) is 1. The summed E-state index contributed by atoms with van der Waals surface area (Å²) in [5, 5.41) is 2.81. The van der Waals surface area contributed by atoms with Gasteiger partial charge < -0.3 is 14.6 Å². The zero-order chi connectivity index (χ0) is 21.3. The average Bonchev–Trinajstić information content (AvgIpc) is 2.76. The molecule has 0 fully saturated rings. The number of ether oxygens (including phenoxy) is 1. The third-order valence-electron chi connectivity index (χ3n) is 4.98. The van der Waals surface area contributed by atoms with Gasteiger partial charge in [-0.3, -0.25) is 14.6 Å². The van der Waals surface area contributed by atoms with Gasteiger partial charge >= 0.3 is 0 Å². The van der Waals surface area contributed by atoms with Crippen LogP contribution in [0.1, 0.15) is 39.4 Å². The molecule has 0 aliphatic carbocycles. The highest BCUT2D eigenvalue weighted by molar-refractivity contribution is 5.95. The lowest BCUT2D eigenvalue weighted by atomic mass is 10.1. The molecule has 0 spiro atoms. The van der Waals surface area contributed by atoms with Crippen LogP contribution in [0.3, 0.4) is 0 Å². The van der Waals surface area contributed by atoms with E-state index in [0.29, 0.717) is 12.2 Å². The molecule has 6 heteroatoms. The Morgan fingerprint density at radius 2 is 1.90 bits per heavy atom. The summed E-state index contributed by atoms with van der Waals surface area (Å²) in [5.74, 6) is -0.408. The zero-order valence-corrected chi connectivity index (χ0v) is 17.4. The number of pyridine rings is 2. The van der Waals surface area contributed by atoms with E-state index in [2.05, 4.69) is 22.4 Å². The van der Waals surface area contributed by atoms with Crippen molar-refractivity contribution < 1.29 is 9.53 Å². The Morgan fingerprint density at radius 3 is 2.60 bits per heavy atom. The molecule has 3 aromatic rings. The molecule has 1 N–H and O–H groups in total. The van der Waals surface area contributed by atoms with Crippen molar-refractivity contribution in [1.29, 1.82) is 0 Å². The second-order valence-corrected chi connectivity index (χ2v) is 7.15. The maximum absolute atomic E-state index is 12.9. The molecule has 0 radical (unpaired) electrons. The summed E-state index contributed by atoms with van der Waals surface area (Å²) in [5.41, 5.74) is 3.26. The van der Waals surface area contributed by atoms with E-state index in [0.717, 1.165) is 24.2 Å². The molecule has 0 saturated heterocycles. The highest BCUT2D eigenvalue weighted by Crippen LogP contribution is 2.13. The van der Waals surface area contributed by atoms with Crippen molar-refractivity contribution >= 4 is 5.91 Å². The van der Waals surface area contributed by atoms with Gasteiger partial charge in [0.2, 0.25) is 0 Å². The van der Waals surface area contributed by atoms with Crippen molar-refractivity contribution in [3.05, 3.63) is 99.2 Å². The summed E-state index contributed by atoms with van der Waals surface area (Å²) in [4.78, 5) is 29.8. The maximum Gasteiger partial charge on any atom is 0.257 e. The van der Waals surface area contributed by atoms with Crippen LogP contribution in [0.2, 0.25) is 0 Å². The van der Waals surface area contributed by atoms with Crippen LogP contribution in [0.4, 0.5) is 0 Å². The predicted octanol–water partition coefficient (Wildman–Crippen LogP) is 3.26. The van der Waals surface area contributed by atoms with Crippen LogP contribution in [-0.4, -0.2) is 22.6 Å². The molecule has 3 rings (SSSR count). The Hall–Kier alpha value is -3.25. The van der Waals surface area contributed by atoms with E-state index in [-0.39, 0.29) is 24.1 Å². The first-order valence-corrected chi connectivity index (χ1v) is 10.0. The van der Waals surface area contributed by atoms with Crippen LogP contribution >= 0.6 is 0 Å². The third kappa shape index (κ3) is 5.42. The lowest BCUT2D eigenvalue weighted by Crippen LogP contribution is -2.33. The van der Waals surface area contributed by atoms with Crippen molar-refractivity contribution in [2.24, 2.45) is 0 Å². The number of amides is 1. The molecule has 0 unspecified atom stereocenters. The van der Waals surface area contributed by atoms with Gasteiger partial charge in [-0.15, -0.1) is 0 Å². The number of hydrogen-bond acceptors (Lipinski definition) is 4. The molecule has 0 aliphatic heterocycles. The van der Waals surface area contributed by atoms with Crippen molar-refractivity contribution in [1.82, 2.24) is 14.9 Å². The average molecular weight is 405 g/mol. The smallest absolute Gasteiger partial charge is 0.257 e. The SMILES string of the molecule is COCc1c(C(=O)NCc2ccccn2)c(=O)cc(C)n1CCCc1ccccc1. The number of carbonyl (C=O) groups excluding carboxylic acids is 1. The molecule has 0 saturated carbocycles. The number of hydrogen-bond donors (Lipinski definition) is 1. The minimum absolute atomic E-state index is 0.137. The minimum Gasteiger partial charge on any atom is -0.378 e.